The highest BCUT2D eigenvalue weighted by Crippen LogP contribution is 2.37. The molecule has 134 valence electrons. The summed E-state index contributed by atoms with van der Waals surface area (Å²) in [5, 5.41) is 9.90. The van der Waals surface area contributed by atoms with E-state index in [1.54, 1.807) is 12.1 Å². The zero-order chi connectivity index (χ0) is 18.8. The number of rotatable bonds is 5. The highest BCUT2D eigenvalue weighted by Gasteiger charge is 2.28. The summed E-state index contributed by atoms with van der Waals surface area (Å²) in [5.74, 6) is -1.05. The van der Waals surface area contributed by atoms with Crippen LogP contribution in [0.2, 0.25) is 0 Å². The number of sulfonamides is 1. The van der Waals surface area contributed by atoms with Gasteiger partial charge in [0.25, 0.3) is 15.9 Å². The van der Waals surface area contributed by atoms with E-state index < -0.39 is 15.9 Å². The van der Waals surface area contributed by atoms with Gasteiger partial charge in [-0.3, -0.25) is 4.79 Å². The topological polar surface area (TPSA) is 93.1 Å². The van der Waals surface area contributed by atoms with Gasteiger partial charge in [0.1, 0.15) is 0 Å². The van der Waals surface area contributed by atoms with E-state index in [1.165, 1.54) is 45.5 Å². The summed E-state index contributed by atoms with van der Waals surface area (Å²) in [6, 6.07) is 8.68. The van der Waals surface area contributed by atoms with Gasteiger partial charge in [0.2, 0.25) is 5.75 Å². The number of benzene rings is 2. The number of hydrogen-bond donors (Lipinski definition) is 1. The van der Waals surface area contributed by atoms with Crippen LogP contribution in [0, 0.1) is 6.92 Å². The molecule has 2 aromatic rings. The Hall–Kier alpha value is -2.74. The van der Waals surface area contributed by atoms with Gasteiger partial charge in [-0.2, -0.15) is 0 Å². The van der Waals surface area contributed by atoms with Crippen LogP contribution in [-0.2, 0) is 10.0 Å². The Morgan fingerprint density at radius 1 is 1.04 bits per heavy atom. The second-order valence-electron chi connectivity index (χ2n) is 5.32. The summed E-state index contributed by atoms with van der Waals surface area (Å²) >= 11 is 0. The minimum Gasteiger partial charge on any atom is -0.502 e. The maximum atomic E-state index is 12.6. The minimum absolute atomic E-state index is 0.00355. The third-order valence-corrected chi connectivity index (χ3v) is 5.45. The summed E-state index contributed by atoms with van der Waals surface area (Å²) < 4.78 is 35.9. The van der Waals surface area contributed by atoms with Crippen molar-refractivity contribution in [2.75, 3.05) is 21.3 Å². The van der Waals surface area contributed by atoms with Gasteiger partial charge in [-0.15, -0.1) is 0 Å². The molecule has 8 heteroatoms. The average molecular weight is 365 g/mol. The molecule has 1 amide bonds. The Kier molecular flexibility index (Phi) is 5.22. The molecule has 25 heavy (non-hydrogen) atoms. The molecule has 0 saturated carbocycles. The molecule has 0 spiro atoms. The molecule has 0 unspecified atom stereocenters. The van der Waals surface area contributed by atoms with Gasteiger partial charge >= 0.3 is 0 Å². The summed E-state index contributed by atoms with van der Waals surface area (Å²) in [5.41, 5.74) is 0.908. The van der Waals surface area contributed by atoms with Crippen LogP contribution in [0.1, 0.15) is 15.9 Å². The van der Waals surface area contributed by atoms with Crippen molar-refractivity contribution in [1.82, 2.24) is 4.31 Å². The van der Waals surface area contributed by atoms with Crippen molar-refractivity contribution in [3.8, 4) is 17.2 Å². The number of nitrogens with zero attached hydrogens (tertiary/aromatic N) is 1. The van der Waals surface area contributed by atoms with Crippen LogP contribution in [0.4, 0.5) is 0 Å². The first-order valence-electron chi connectivity index (χ1n) is 7.27. The maximum Gasteiger partial charge on any atom is 0.267 e. The molecule has 0 fully saturated rings. The Bertz CT molecular complexity index is 865. The number of methoxy groups -OCH3 is 2. The van der Waals surface area contributed by atoms with Crippen LogP contribution in [-0.4, -0.2) is 45.0 Å². The van der Waals surface area contributed by atoms with Gasteiger partial charge in [0.15, 0.2) is 11.5 Å². The van der Waals surface area contributed by atoms with Crippen molar-refractivity contribution in [3.05, 3.63) is 47.5 Å². The van der Waals surface area contributed by atoms with Crippen LogP contribution < -0.4 is 9.47 Å². The number of hydrogen-bond acceptors (Lipinski definition) is 6. The van der Waals surface area contributed by atoms with E-state index in [0.29, 0.717) is 4.31 Å². The molecule has 0 radical (unpaired) electrons. The summed E-state index contributed by atoms with van der Waals surface area (Å²) in [6.45, 7) is 1.83. The van der Waals surface area contributed by atoms with Crippen molar-refractivity contribution >= 4 is 15.9 Å². The van der Waals surface area contributed by atoms with Gasteiger partial charge in [0.05, 0.1) is 19.1 Å². The lowest BCUT2D eigenvalue weighted by molar-refractivity contribution is 0.0882. The van der Waals surface area contributed by atoms with Gasteiger partial charge in [0, 0.05) is 12.6 Å². The van der Waals surface area contributed by atoms with Gasteiger partial charge in [-0.05, 0) is 31.2 Å². The van der Waals surface area contributed by atoms with Crippen molar-refractivity contribution in [3.63, 3.8) is 0 Å². The zero-order valence-electron chi connectivity index (χ0n) is 14.3. The van der Waals surface area contributed by atoms with E-state index in [4.69, 9.17) is 9.47 Å². The van der Waals surface area contributed by atoms with E-state index in [0.717, 1.165) is 5.56 Å². The predicted molar refractivity (Wildman–Crippen MR) is 91.7 cm³/mol. The highest BCUT2D eigenvalue weighted by atomic mass is 32.2. The SMILES string of the molecule is COc1cc(C(=O)N(C)S(=O)(=O)c2ccc(C)cc2)cc(OC)c1O. The van der Waals surface area contributed by atoms with Gasteiger partial charge < -0.3 is 14.6 Å². The number of carbonyl (C=O) groups is 1. The first kappa shape index (κ1) is 18.6. The molecular weight excluding hydrogens is 346 g/mol. The molecule has 2 rings (SSSR count). The Balaban J connectivity index is 2.44. The number of amides is 1. The summed E-state index contributed by atoms with van der Waals surface area (Å²) in [6.07, 6.45) is 0. The number of aromatic hydroxyl groups is 1. The third kappa shape index (κ3) is 3.53. The lowest BCUT2D eigenvalue weighted by Crippen LogP contribution is -2.33. The summed E-state index contributed by atoms with van der Waals surface area (Å²) in [4.78, 5) is 12.6. The zero-order valence-corrected chi connectivity index (χ0v) is 15.1. The normalized spacial score (nSPS) is 11.0. The fourth-order valence-corrected chi connectivity index (χ4v) is 3.30. The molecule has 0 aliphatic carbocycles. The van der Waals surface area contributed by atoms with Crippen LogP contribution in [0.3, 0.4) is 0 Å². The monoisotopic (exact) mass is 365 g/mol. The number of phenolic OH excluding ortho intramolecular Hbond substituents is 1. The van der Waals surface area contributed by atoms with E-state index in [1.807, 2.05) is 6.92 Å². The van der Waals surface area contributed by atoms with Gasteiger partial charge in [-0.1, -0.05) is 17.7 Å². The number of ether oxygens (including phenoxy) is 2. The lowest BCUT2D eigenvalue weighted by atomic mass is 10.1. The fraction of sp³-hybridized carbons (Fsp3) is 0.235. The van der Waals surface area contributed by atoms with E-state index in [-0.39, 0.29) is 27.7 Å². The van der Waals surface area contributed by atoms with Gasteiger partial charge in [-0.25, -0.2) is 12.7 Å². The van der Waals surface area contributed by atoms with Crippen LogP contribution in [0.25, 0.3) is 0 Å². The quantitative estimate of drug-likeness (QED) is 0.873. The second-order valence-corrected chi connectivity index (χ2v) is 7.29. The van der Waals surface area contributed by atoms with E-state index in [9.17, 15) is 18.3 Å². The van der Waals surface area contributed by atoms with E-state index in [2.05, 4.69) is 0 Å². The molecule has 1 N–H and O–H groups in total. The smallest absolute Gasteiger partial charge is 0.267 e. The molecule has 0 bridgehead atoms. The van der Waals surface area contributed by atoms with Crippen molar-refractivity contribution in [1.29, 1.82) is 0 Å². The molecule has 0 atom stereocenters. The van der Waals surface area contributed by atoms with Crippen LogP contribution >= 0.6 is 0 Å². The van der Waals surface area contributed by atoms with Crippen molar-refractivity contribution in [2.45, 2.75) is 11.8 Å². The molecular formula is C17H19NO6S. The highest BCUT2D eigenvalue weighted by molar-refractivity contribution is 7.89. The Labute approximate surface area is 146 Å². The lowest BCUT2D eigenvalue weighted by Gasteiger charge is -2.19. The van der Waals surface area contributed by atoms with E-state index >= 15 is 0 Å². The number of aryl methyl sites for hydroxylation is 1. The molecule has 7 nitrogen and oxygen atoms in total. The minimum atomic E-state index is -4.01. The Morgan fingerprint density at radius 3 is 1.96 bits per heavy atom. The van der Waals surface area contributed by atoms with Crippen LogP contribution in [0.5, 0.6) is 17.2 Å². The predicted octanol–water partition coefficient (Wildman–Crippen LogP) is 2.18. The number of carbonyl (C=O) groups excluding carboxylic acids is 1. The third-order valence-electron chi connectivity index (χ3n) is 3.69. The van der Waals surface area contributed by atoms with Crippen molar-refractivity contribution < 1.29 is 27.8 Å². The fourth-order valence-electron chi connectivity index (χ4n) is 2.18. The standard InChI is InChI=1S/C17H19NO6S/c1-11-5-7-13(8-6-11)25(21,22)18(2)17(20)12-9-14(23-3)16(19)15(10-12)24-4/h5-10,19H,1-4H3. The first-order chi connectivity index (χ1) is 11.7. The van der Waals surface area contributed by atoms with Crippen LogP contribution in [0.15, 0.2) is 41.3 Å². The number of phenols is 1. The molecule has 2 aromatic carbocycles. The molecule has 0 heterocycles. The molecule has 0 aromatic heterocycles. The Morgan fingerprint density at radius 2 is 1.52 bits per heavy atom. The molecule has 0 saturated heterocycles. The summed E-state index contributed by atoms with van der Waals surface area (Å²) in [7, 11) is -0.213. The maximum absolute atomic E-state index is 12.6. The molecule has 0 aliphatic heterocycles. The second kappa shape index (κ2) is 7.02. The average Bonchev–Trinajstić information content (AvgIpc) is 2.61. The largest absolute Gasteiger partial charge is 0.502 e. The van der Waals surface area contributed by atoms with Crippen molar-refractivity contribution in [2.24, 2.45) is 0 Å². The molecule has 0 aliphatic rings. The first-order valence-corrected chi connectivity index (χ1v) is 8.71.